The van der Waals surface area contributed by atoms with Crippen LogP contribution in [0.2, 0.25) is 5.15 Å². The maximum Gasteiger partial charge on any atom is 0.351 e. The number of esters is 1. The van der Waals surface area contributed by atoms with Crippen molar-refractivity contribution in [3.05, 3.63) is 10.0 Å². The lowest BCUT2D eigenvalue weighted by Crippen LogP contribution is -2.24. The van der Waals surface area contributed by atoms with E-state index in [1.54, 1.807) is 0 Å². The molecular formula is C10H13ClN2O4S2. The van der Waals surface area contributed by atoms with Gasteiger partial charge in [0.05, 0.1) is 18.1 Å². The van der Waals surface area contributed by atoms with Crippen LogP contribution in [0, 0.1) is 0 Å². The number of ether oxygens (including phenoxy) is 1. The maximum atomic E-state index is 11.7. The van der Waals surface area contributed by atoms with Crippen molar-refractivity contribution in [2.75, 3.05) is 24.7 Å². The number of methoxy groups -OCH3 is 1. The Morgan fingerprint density at radius 1 is 1.63 bits per heavy atom. The lowest BCUT2D eigenvalue weighted by Gasteiger charge is -2.09. The predicted octanol–water partition coefficient (Wildman–Crippen LogP) is 1.57. The minimum Gasteiger partial charge on any atom is -0.465 e. The second-order valence-electron chi connectivity index (χ2n) is 4.14. The molecule has 1 unspecified atom stereocenters. The largest absolute Gasteiger partial charge is 0.465 e. The molecule has 1 aliphatic rings. The number of hydrogen-bond acceptors (Lipinski definition) is 7. The molecule has 9 heteroatoms. The second-order valence-corrected chi connectivity index (χ2v) is 7.90. The molecule has 0 saturated carbocycles. The zero-order valence-electron chi connectivity index (χ0n) is 10.2. The molecule has 1 aromatic heterocycles. The van der Waals surface area contributed by atoms with Gasteiger partial charge in [0.25, 0.3) is 0 Å². The molecule has 0 aromatic carbocycles. The number of thiazole rings is 1. The van der Waals surface area contributed by atoms with Gasteiger partial charge in [0.1, 0.15) is 0 Å². The van der Waals surface area contributed by atoms with E-state index in [1.807, 2.05) is 0 Å². The van der Waals surface area contributed by atoms with Crippen LogP contribution in [0.15, 0.2) is 0 Å². The van der Waals surface area contributed by atoms with E-state index in [4.69, 9.17) is 11.6 Å². The van der Waals surface area contributed by atoms with Gasteiger partial charge in [-0.05, 0) is 12.8 Å². The van der Waals surface area contributed by atoms with E-state index in [1.165, 1.54) is 7.11 Å². The summed E-state index contributed by atoms with van der Waals surface area (Å²) in [7, 11) is -1.73. The summed E-state index contributed by atoms with van der Waals surface area (Å²) in [5, 5.41) is 3.01. The fourth-order valence-corrected chi connectivity index (χ4v) is 4.76. The van der Waals surface area contributed by atoms with Crippen molar-refractivity contribution in [3.63, 3.8) is 0 Å². The van der Waals surface area contributed by atoms with Crippen LogP contribution >= 0.6 is 22.9 Å². The van der Waals surface area contributed by atoms with Gasteiger partial charge in [0.2, 0.25) is 0 Å². The van der Waals surface area contributed by atoms with E-state index in [0.29, 0.717) is 18.0 Å². The number of halogens is 1. The molecule has 2 heterocycles. The Kier molecular flexibility index (Phi) is 4.32. The van der Waals surface area contributed by atoms with E-state index < -0.39 is 21.1 Å². The number of rotatable bonds is 4. The lowest BCUT2D eigenvalue weighted by molar-refractivity contribution is 0.0606. The third-order valence-electron chi connectivity index (χ3n) is 2.90. The fourth-order valence-electron chi connectivity index (χ4n) is 1.88. The molecule has 6 nitrogen and oxygen atoms in total. The van der Waals surface area contributed by atoms with Crippen molar-refractivity contribution in [2.24, 2.45) is 0 Å². The maximum absolute atomic E-state index is 11.7. The van der Waals surface area contributed by atoms with Crippen molar-refractivity contribution in [1.29, 1.82) is 0 Å². The molecule has 0 aliphatic carbocycles. The predicted molar refractivity (Wildman–Crippen MR) is 73.8 cm³/mol. The Morgan fingerprint density at radius 3 is 2.95 bits per heavy atom. The van der Waals surface area contributed by atoms with Gasteiger partial charge in [-0.2, -0.15) is 0 Å². The number of carbonyl (C=O) groups is 1. The summed E-state index contributed by atoms with van der Waals surface area (Å²) >= 11 is 6.86. The Morgan fingerprint density at radius 2 is 2.37 bits per heavy atom. The number of anilines is 1. The normalized spacial score (nSPS) is 21.3. The molecule has 0 spiro atoms. The van der Waals surface area contributed by atoms with Crippen LogP contribution in [-0.4, -0.2) is 44.0 Å². The smallest absolute Gasteiger partial charge is 0.351 e. The van der Waals surface area contributed by atoms with E-state index in [0.717, 1.165) is 11.3 Å². The molecule has 0 radical (unpaired) electrons. The topological polar surface area (TPSA) is 85.4 Å². The average molecular weight is 325 g/mol. The van der Waals surface area contributed by atoms with Gasteiger partial charge in [-0.25, -0.2) is 18.2 Å². The standard InChI is InChI=1S/C10H13ClN2O4S2/c1-17-9(14)7-8(11)13-10(18-7)12-5-6-3-2-4-19(6,15)16/h6H,2-5H2,1H3,(H,12,13). The molecule has 0 amide bonds. The zero-order valence-corrected chi connectivity index (χ0v) is 12.6. The highest BCUT2D eigenvalue weighted by atomic mass is 35.5. The Bertz CT molecular complexity index is 584. The number of sulfone groups is 1. The summed E-state index contributed by atoms with van der Waals surface area (Å²) in [5.41, 5.74) is 0. The van der Waals surface area contributed by atoms with E-state index in [2.05, 4.69) is 15.0 Å². The van der Waals surface area contributed by atoms with Crippen LogP contribution in [0.5, 0.6) is 0 Å². The average Bonchev–Trinajstić information content (AvgIpc) is 2.88. The lowest BCUT2D eigenvalue weighted by atomic mass is 10.2. The van der Waals surface area contributed by atoms with Gasteiger partial charge in [0, 0.05) is 6.54 Å². The van der Waals surface area contributed by atoms with Crippen LogP contribution in [0.25, 0.3) is 0 Å². The Balaban J connectivity index is 2.03. The number of nitrogens with zero attached hydrogens (tertiary/aromatic N) is 1. The second kappa shape index (κ2) is 5.64. The van der Waals surface area contributed by atoms with E-state index >= 15 is 0 Å². The van der Waals surface area contributed by atoms with Crippen molar-refractivity contribution >= 4 is 43.9 Å². The quantitative estimate of drug-likeness (QED) is 0.846. The number of carbonyl (C=O) groups excluding carboxylic acids is 1. The summed E-state index contributed by atoms with van der Waals surface area (Å²) in [6, 6.07) is 0. The number of hydrogen-bond donors (Lipinski definition) is 1. The summed E-state index contributed by atoms with van der Waals surface area (Å²) in [5.74, 6) is -0.310. The van der Waals surface area contributed by atoms with Crippen LogP contribution in [0.1, 0.15) is 22.5 Å². The van der Waals surface area contributed by atoms with Crippen LogP contribution in [0.4, 0.5) is 5.13 Å². The van der Waals surface area contributed by atoms with Crippen molar-refractivity contribution < 1.29 is 17.9 Å². The highest BCUT2D eigenvalue weighted by Crippen LogP contribution is 2.28. The first-order valence-corrected chi connectivity index (χ1v) is 8.55. The van der Waals surface area contributed by atoms with Gasteiger partial charge in [-0.1, -0.05) is 22.9 Å². The first kappa shape index (κ1) is 14.5. The molecule has 2 rings (SSSR count). The molecule has 1 saturated heterocycles. The van der Waals surface area contributed by atoms with Gasteiger partial charge in [0.15, 0.2) is 25.0 Å². The number of aromatic nitrogens is 1. The van der Waals surface area contributed by atoms with Crippen molar-refractivity contribution in [2.45, 2.75) is 18.1 Å². The molecule has 19 heavy (non-hydrogen) atoms. The Hall–Kier alpha value is -0.860. The minimum atomic E-state index is -2.99. The van der Waals surface area contributed by atoms with Crippen LogP contribution in [-0.2, 0) is 14.6 Å². The highest BCUT2D eigenvalue weighted by molar-refractivity contribution is 7.92. The van der Waals surface area contributed by atoms with Crippen LogP contribution in [0.3, 0.4) is 0 Å². The zero-order chi connectivity index (χ0) is 14.0. The molecule has 1 aliphatic heterocycles. The molecule has 1 aromatic rings. The third kappa shape index (κ3) is 3.18. The fraction of sp³-hybridized carbons (Fsp3) is 0.600. The van der Waals surface area contributed by atoms with Crippen molar-refractivity contribution in [3.8, 4) is 0 Å². The molecule has 1 fully saturated rings. The SMILES string of the molecule is COC(=O)c1sc(NCC2CCCS2(=O)=O)nc1Cl. The van der Waals surface area contributed by atoms with Gasteiger partial charge < -0.3 is 10.1 Å². The van der Waals surface area contributed by atoms with Crippen LogP contribution < -0.4 is 5.32 Å². The Labute approximate surface area is 120 Å². The van der Waals surface area contributed by atoms with Gasteiger partial charge in [-0.15, -0.1) is 0 Å². The molecule has 1 atom stereocenters. The molecular weight excluding hydrogens is 312 g/mol. The summed E-state index contributed by atoms with van der Waals surface area (Å²) in [6.45, 7) is 0.285. The number of nitrogens with one attached hydrogen (secondary N) is 1. The minimum absolute atomic E-state index is 0.0635. The highest BCUT2D eigenvalue weighted by Gasteiger charge is 2.31. The third-order valence-corrected chi connectivity index (χ3v) is 6.55. The summed E-state index contributed by atoms with van der Waals surface area (Å²) < 4.78 is 27.9. The summed E-state index contributed by atoms with van der Waals surface area (Å²) in [4.78, 5) is 15.5. The van der Waals surface area contributed by atoms with E-state index in [-0.39, 0.29) is 22.3 Å². The molecule has 1 N–H and O–H groups in total. The molecule has 106 valence electrons. The van der Waals surface area contributed by atoms with Crippen molar-refractivity contribution in [1.82, 2.24) is 4.98 Å². The first-order chi connectivity index (χ1) is 8.94. The van der Waals surface area contributed by atoms with E-state index in [9.17, 15) is 13.2 Å². The van der Waals surface area contributed by atoms with Gasteiger partial charge >= 0.3 is 5.97 Å². The van der Waals surface area contributed by atoms with Gasteiger partial charge in [-0.3, -0.25) is 0 Å². The molecule has 0 bridgehead atoms. The first-order valence-electron chi connectivity index (χ1n) is 5.64. The summed E-state index contributed by atoms with van der Waals surface area (Å²) in [6.07, 6.45) is 1.35. The monoisotopic (exact) mass is 324 g/mol.